The van der Waals surface area contributed by atoms with Crippen molar-refractivity contribution >= 4 is 11.7 Å². The van der Waals surface area contributed by atoms with E-state index < -0.39 is 30.5 Å². The molecule has 0 radical (unpaired) electrons. The van der Waals surface area contributed by atoms with Crippen molar-refractivity contribution < 1.29 is 32.3 Å². The molecule has 1 atom stereocenters. The van der Waals surface area contributed by atoms with Crippen molar-refractivity contribution in [2.45, 2.75) is 25.7 Å². The van der Waals surface area contributed by atoms with Gasteiger partial charge in [0.05, 0.1) is 12.6 Å². The van der Waals surface area contributed by atoms with Crippen LogP contribution in [0, 0.1) is 5.82 Å². The number of ether oxygens (including phenoxy) is 1. The molecule has 1 unspecified atom stereocenters. The van der Waals surface area contributed by atoms with E-state index in [0.29, 0.717) is 4.90 Å². The molecule has 1 amide bonds. The molecule has 126 valence electrons. The van der Waals surface area contributed by atoms with Crippen molar-refractivity contribution in [2.24, 2.45) is 10.9 Å². The minimum atomic E-state index is -5.07. The van der Waals surface area contributed by atoms with Gasteiger partial charge in [0.25, 0.3) is 0 Å². The number of nitrogens with zero attached hydrogens (tertiary/aromatic N) is 2. The number of carbonyl (C=O) groups is 1. The standard InChI is InChI=1S/C13H13F4N3O3/c1-6-5-23-10-3-7(11(18)19-22)2-9(14)8(10)4-20(6)12(21)13(15,16)17/h2-3,6,22H,4-5H2,1H3,(H2,18,19). The van der Waals surface area contributed by atoms with Gasteiger partial charge in [-0.1, -0.05) is 5.16 Å². The molecule has 2 rings (SSSR count). The van der Waals surface area contributed by atoms with Gasteiger partial charge in [0.2, 0.25) is 0 Å². The Kier molecular flexibility index (Phi) is 4.35. The summed E-state index contributed by atoms with van der Waals surface area (Å²) in [6.45, 7) is 0.503. The van der Waals surface area contributed by atoms with Gasteiger partial charge in [0, 0.05) is 11.1 Å². The van der Waals surface area contributed by atoms with E-state index in [1.807, 2.05) is 0 Å². The number of nitrogens with two attached hydrogens (primary N) is 1. The molecule has 3 N–H and O–H groups in total. The van der Waals surface area contributed by atoms with Crippen LogP contribution in [0.5, 0.6) is 5.75 Å². The average molecular weight is 335 g/mol. The summed E-state index contributed by atoms with van der Waals surface area (Å²) in [7, 11) is 0. The molecule has 0 saturated carbocycles. The molecule has 1 aromatic carbocycles. The fraction of sp³-hybridized carbons (Fsp3) is 0.385. The molecule has 6 nitrogen and oxygen atoms in total. The lowest BCUT2D eigenvalue weighted by Crippen LogP contribution is -2.46. The summed E-state index contributed by atoms with van der Waals surface area (Å²) >= 11 is 0. The number of hydrogen-bond acceptors (Lipinski definition) is 4. The van der Waals surface area contributed by atoms with Crippen LogP contribution in [0.4, 0.5) is 17.6 Å². The van der Waals surface area contributed by atoms with Crippen LogP contribution in [0.1, 0.15) is 18.1 Å². The topological polar surface area (TPSA) is 88.2 Å². The van der Waals surface area contributed by atoms with Crippen LogP contribution < -0.4 is 10.5 Å². The first-order valence-electron chi connectivity index (χ1n) is 6.46. The summed E-state index contributed by atoms with van der Waals surface area (Å²) in [5, 5.41) is 11.3. The summed E-state index contributed by atoms with van der Waals surface area (Å²) in [6.07, 6.45) is -5.07. The minimum Gasteiger partial charge on any atom is -0.491 e. The van der Waals surface area contributed by atoms with Crippen LogP contribution in [0.25, 0.3) is 0 Å². The van der Waals surface area contributed by atoms with Crippen molar-refractivity contribution in [3.05, 3.63) is 29.1 Å². The molecule has 0 aromatic heterocycles. The van der Waals surface area contributed by atoms with Gasteiger partial charge in [-0.3, -0.25) is 4.79 Å². The van der Waals surface area contributed by atoms with Gasteiger partial charge in [-0.05, 0) is 19.1 Å². The Labute approximate surface area is 128 Å². The maximum Gasteiger partial charge on any atom is 0.471 e. The molecule has 0 spiro atoms. The predicted octanol–water partition coefficient (Wildman–Crippen LogP) is 1.59. The Balaban J connectivity index is 2.44. The van der Waals surface area contributed by atoms with E-state index in [1.54, 1.807) is 0 Å². The first-order chi connectivity index (χ1) is 10.6. The molecule has 0 saturated heterocycles. The lowest BCUT2D eigenvalue weighted by atomic mass is 10.1. The number of oxime groups is 1. The molecule has 1 heterocycles. The van der Waals surface area contributed by atoms with Crippen molar-refractivity contribution in [2.75, 3.05) is 6.61 Å². The van der Waals surface area contributed by atoms with Crippen LogP contribution in [0.2, 0.25) is 0 Å². The molecular weight excluding hydrogens is 322 g/mol. The normalized spacial score (nSPS) is 18.9. The molecule has 1 aliphatic rings. The molecule has 10 heteroatoms. The lowest BCUT2D eigenvalue weighted by Gasteiger charge is -2.27. The van der Waals surface area contributed by atoms with Gasteiger partial charge in [0.15, 0.2) is 5.84 Å². The Bertz CT molecular complexity index is 661. The summed E-state index contributed by atoms with van der Waals surface area (Å²) in [6, 6.07) is 1.22. The third kappa shape index (κ3) is 3.30. The lowest BCUT2D eigenvalue weighted by molar-refractivity contribution is -0.188. The van der Waals surface area contributed by atoms with E-state index in [2.05, 4.69) is 5.16 Å². The molecule has 0 aliphatic carbocycles. The van der Waals surface area contributed by atoms with Crippen molar-refractivity contribution in [1.82, 2.24) is 4.90 Å². The van der Waals surface area contributed by atoms with Crippen LogP contribution in [-0.2, 0) is 11.3 Å². The Morgan fingerprint density at radius 2 is 2.13 bits per heavy atom. The zero-order valence-corrected chi connectivity index (χ0v) is 11.9. The van der Waals surface area contributed by atoms with Crippen LogP contribution in [-0.4, -0.2) is 40.7 Å². The van der Waals surface area contributed by atoms with Gasteiger partial charge in [-0.2, -0.15) is 13.2 Å². The van der Waals surface area contributed by atoms with E-state index in [0.717, 1.165) is 6.07 Å². The van der Waals surface area contributed by atoms with Crippen LogP contribution in [0.3, 0.4) is 0 Å². The number of carbonyl (C=O) groups excluding carboxylic acids is 1. The zero-order chi connectivity index (χ0) is 17.4. The highest BCUT2D eigenvalue weighted by Gasteiger charge is 2.45. The fourth-order valence-electron chi connectivity index (χ4n) is 2.16. The molecule has 23 heavy (non-hydrogen) atoms. The highest BCUT2D eigenvalue weighted by atomic mass is 19.4. The number of fused-ring (bicyclic) bond motifs is 1. The smallest absolute Gasteiger partial charge is 0.471 e. The quantitative estimate of drug-likeness (QED) is 0.268. The highest BCUT2D eigenvalue weighted by molar-refractivity contribution is 5.97. The van der Waals surface area contributed by atoms with E-state index >= 15 is 0 Å². The number of benzene rings is 1. The zero-order valence-electron chi connectivity index (χ0n) is 11.9. The molecule has 0 bridgehead atoms. The maximum atomic E-state index is 14.2. The molecule has 0 fully saturated rings. The van der Waals surface area contributed by atoms with Gasteiger partial charge in [-0.25, -0.2) is 4.39 Å². The highest BCUT2D eigenvalue weighted by Crippen LogP contribution is 2.31. The maximum absolute atomic E-state index is 14.2. The summed E-state index contributed by atoms with van der Waals surface area (Å²) < 4.78 is 57.4. The third-order valence-corrected chi connectivity index (χ3v) is 3.40. The van der Waals surface area contributed by atoms with E-state index in [1.165, 1.54) is 13.0 Å². The predicted molar refractivity (Wildman–Crippen MR) is 70.5 cm³/mol. The Hall–Kier alpha value is -2.52. The second kappa shape index (κ2) is 5.94. The second-order valence-electron chi connectivity index (χ2n) is 5.01. The number of hydrogen-bond donors (Lipinski definition) is 2. The fourth-order valence-corrected chi connectivity index (χ4v) is 2.16. The number of halogens is 4. The first kappa shape index (κ1) is 16.8. The molecule has 1 aromatic rings. The molecular formula is C13H13F4N3O3. The number of alkyl halides is 3. The first-order valence-corrected chi connectivity index (χ1v) is 6.46. The Morgan fingerprint density at radius 3 is 2.70 bits per heavy atom. The van der Waals surface area contributed by atoms with E-state index in [9.17, 15) is 22.4 Å². The molecule has 1 aliphatic heterocycles. The van der Waals surface area contributed by atoms with Crippen molar-refractivity contribution in [3.63, 3.8) is 0 Å². The summed E-state index contributed by atoms with van der Waals surface area (Å²) in [5.41, 5.74) is 5.16. The second-order valence-corrected chi connectivity index (χ2v) is 5.01. The number of amidine groups is 1. The minimum absolute atomic E-state index is 0.00648. The van der Waals surface area contributed by atoms with Crippen molar-refractivity contribution in [1.29, 1.82) is 0 Å². The summed E-state index contributed by atoms with van der Waals surface area (Å²) in [5.74, 6) is -3.42. The monoisotopic (exact) mass is 335 g/mol. The van der Waals surface area contributed by atoms with E-state index in [4.69, 9.17) is 15.7 Å². The van der Waals surface area contributed by atoms with Crippen molar-refractivity contribution in [3.8, 4) is 5.75 Å². The van der Waals surface area contributed by atoms with Crippen LogP contribution >= 0.6 is 0 Å². The van der Waals surface area contributed by atoms with Gasteiger partial charge >= 0.3 is 12.1 Å². The SMILES string of the molecule is CC1COc2cc(C(N)=NO)cc(F)c2CN1C(=O)C(F)(F)F. The largest absolute Gasteiger partial charge is 0.491 e. The third-order valence-electron chi connectivity index (χ3n) is 3.40. The Morgan fingerprint density at radius 1 is 1.48 bits per heavy atom. The van der Waals surface area contributed by atoms with Gasteiger partial charge < -0.3 is 20.6 Å². The van der Waals surface area contributed by atoms with Gasteiger partial charge in [0.1, 0.15) is 18.2 Å². The number of amides is 1. The van der Waals surface area contributed by atoms with E-state index in [-0.39, 0.29) is 29.3 Å². The van der Waals surface area contributed by atoms with Gasteiger partial charge in [-0.15, -0.1) is 0 Å². The van der Waals surface area contributed by atoms with Crippen LogP contribution in [0.15, 0.2) is 17.3 Å². The number of rotatable bonds is 1. The average Bonchev–Trinajstić information content (AvgIpc) is 2.64. The summed E-state index contributed by atoms with van der Waals surface area (Å²) in [4.78, 5) is 12.0.